The third-order valence-electron chi connectivity index (χ3n) is 4.04. The Balaban J connectivity index is 1.66. The van der Waals surface area contributed by atoms with E-state index in [0.29, 0.717) is 5.11 Å². The molecule has 7 heteroatoms. The number of carbonyl (C=O) groups is 1. The van der Waals surface area contributed by atoms with E-state index in [2.05, 4.69) is 16.3 Å². The van der Waals surface area contributed by atoms with Gasteiger partial charge in [-0.25, -0.2) is 0 Å². The van der Waals surface area contributed by atoms with Crippen LogP contribution in [0.5, 0.6) is 5.75 Å². The molecule has 2 aliphatic rings. The molecule has 0 saturated carbocycles. The number of carbonyl (C=O) groups excluding carboxylic acids is 1. The van der Waals surface area contributed by atoms with E-state index >= 15 is 0 Å². The molecule has 4 rings (SSSR count). The van der Waals surface area contributed by atoms with Gasteiger partial charge in [0.2, 0.25) is 0 Å². The molecule has 3 heterocycles. The number of thiocarbonyl (C=S) groups is 1. The van der Waals surface area contributed by atoms with Crippen LogP contribution in [-0.2, 0) is 4.79 Å². The molecule has 0 aliphatic carbocycles. The molecule has 4 nitrogen and oxygen atoms in total. The molecule has 0 unspecified atom stereocenters. The number of thioether (sulfide) groups is 1. The minimum Gasteiger partial charge on any atom is -0.497 e. The van der Waals surface area contributed by atoms with Gasteiger partial charge in [-0.3, -0.25) is 9.69 Å². The Bertz CT molecular complexity index is 745. The number of rotatable bonds is 3. The number of hydrogen-bond donors (Lipinski definition) is 0. The molecule has 1 aromatic heterocycles. The largest absolute Gasteiger partial charge is 0.497 e. The molecular weight excluding hydrogens is 348 g/mol. The predicted molar refractivity (Wildman–Crippen MR) is 98.2 cm³/mol. The zero-order valence-electron chi connectivity index (χ0n) is 12.3. The van der Waals surface area contributed by atoms with Gasteiger partial charge in [-0.2, -0.15) is 0 Å². The predicted octanol–water partition coefficient (Wildman–Crippen LogP) is 3.50. The normalized spacial score (nSPS) is 23.5. The maximum atomic E-state index is 12.8. The van der Waals surface area contributed by atoms with Gasteiger partial charge in [0.05, 0.1) is 12.8 Å². The highest BCUT2D eigenvalue weighted by Crippen LogP contribution is 2.47. The molecule has 0 N–H and O–H groups in total. The van der Waals surface area contributed by atoms with Gasteiger partial charge < -0.3 is 9.64 Å². The first kappa shape index (κ1) is 15.0. The third kappa shape index (κ3) is 2.34. The summed E-state index contributed by atoms with van der Waals surface area (Å²) in [4.78, 5) is 17.8. The van der Waals surface area contributed by atoms with Gasteiger partial charge in [-0.15, -0.1) is 23.1 Å². The Morgan fingerprint density at radius 2 is 2.04 bits per heavy atom. The van der Waals surface area contributed by atoms with Gasteiger partial charge in [0.25, 0.3) is 5.91 Å². The molecule has 1 aromatic carbocycles. The van der Waals surface area contributed by atoms with Gasteiger partial charge in [0.15, 0.2) is 5.11 Å². The van der Waals surface area contributed by atoms with Crippen molar-refractivity contribution >= 4 is 52.0 Å². The molecule has 0 spiro atoms. The number of thiophene rings is 1. The van der Waals surface area contributed by atoms with E-state index in [0.717, 1.165) is 17.2 Å². The van der Waals surface area contributed by atoms with E-state index in [1.54, 1.807) is 35.1 Å². The summed E-state index contributed by atoms with van der Waals surface area (Å²) >= 11 is 9.13. The van der Waals surface area contributed by atoms with Gasteiger partial charge >= 0.3 is 0 Å². The standard InChI is InChI=1S/C16H14N2O2S3/c1-20-11-6-4-10(5-7-11)17-14(19)12-9-23-15(18(12)16(17)21)13-3-2-8-22-13/h2-8,12,15H,9H2,1H3/t12-,15-/m1/s1. The number of amides is 1. The first-order valence-corrected chi connectivity index (χ1v) is 9.49. The SMILES string of the molecule is COc1ccc(N2C(=O)[C@H]3CS[C@H](c4cccs4)N3C2=S)cc1. The van der Waals surface area contributed by atoms with E-state index in [9.17, 15) is 4.79 Å². The molecule has 0 radical (unpaired) electrons. The van der Waals surface area contributed by atoms with Crippen LogP contribution in [0.15, 0.2) is 41.8 Å². The number of ether oxygens (including phenoxy) is 1. The highest BCUT2D eigenvalue weighted by Gasteiger charge is 2.51. The Morgan fingerprint density at radius 1 is 1.26 bits per heavy atom. The van der Waals surface area contributed by atoms with Crippen LogP contribution in [-0.4, -0.2) is 34.8 Å². The molecule has 118 valence electrons. The van der Waals surface area contributed by atoms with E-state index in [1.165, 1.54) is 4.88 Å². The number of benzene rings is 1. The van der Waals surface area contributed by atoms with Crippen molar-refractivity contribution in [3.05, 3.63) is 46.7 Å². The fraction of sp³-hybridized carbons (Fsp3) is 0.250. The van der Waals surface area contributed by atoms with E-state index in [1.807, 2.05) is 30.3 Å². The van der Waals surface area contributed by atoms with Gasteiger partial charge in [0, 0.05) is 10.6 Å². The number of hydrogen-bond acceptors (Lipinski definition) is 5. The van der Waals surface area contributed by atoms with Crippen LogP contribution < -0.4 is 9.64 Å². The van der Waals surface area contributed by atoms with E-state index < -0.39 is 0 Å². The second-order valence-electron chi connectivity index (χ2n) is 5.28. The van der Waals surface area contributed by atoms with Crippen LogP contribution >= 0.6 is 35.3 Å². The average molecular weight is 363 g/mol. The van der Waals surface area contributed by atoms with Crippen molar-refractivity contribution in [3.8, 4) is 5.75 Å². The van der Waals surface area contributed by atoms with Gasteiger partial charge in [-0.1, -0.05) is 6.07 Å². The zero-order valence-corrected chi connectivity index (χ0v) is 14.8. The summed E-state index contributed by atoms with van der Waals surface area (Å²) in [6.07, 6.45) is 0. The molecule has 2 fully saturated rings. The maximum Gasteiger partial charge on any atom is 0.257 e. The summed E-state index contributed by atoms with van der Waals surface area (Å²) in [7, 11) is 1.62. The minimum atomic E-state index is -0.165. The Morgan fingerprint density at radius 3 is 2.70 bits per heavy atom. The molecule has 2 atom stereocenters. The molecule has 2 aliphatic heterocycles. The minimum absolute atomic E-state index is 0.0618. The molecule has 2 saturated heterocycles. The van der Waals surface area contributed by atoms with Crippen molar-refractivity contribution in [2.45, 2.75) is 11.4 Å². The Kier molecular flexibility index (Phi) is 3.79. The lowest BCUT2D eigenvalue weighted by atomic mass is 10.2. The van der Waals surface area contributed by atoms with Crippen LogP contribution in [0.1, 0.15) is 10.3 Å². The van der Waals surface area contributed by atoms with Gasteiger partial charge in [-0.05, 0) is 47.9 Å². The summed E-state index contributed by atoms with van der Waals surface area (Å²) in [6, 6.07) is 11.4. The first-order valence-electron chi connectivity index (χ1n) is 7.16. The monoisotopic (exact) mass is 362 g/mol. The Labute approximate surface area is 148 Å². The summed E-state index contributed by atoms with van der Waals surface area (Å²) in [5, 5.41) is 2.79. The average Bonchev–Trinajstić information content (AvgIpc) is 3.28. The number of anilines is 1. The second kappa shape index (κ2) is 5.81. The second-order valence-corrected chi connectivity index (χ2v) is 7.74. The number of fused-ring (bicyclic) bond motifs is 1. The lowest BCUT2D eigenvalue weighted by Gasteiger charge is -2.24. The number of methoxy groups -OCH3 is 1. The van der Waals surface area contributed by atoms with Gasteiger partial charge in [0.1, 0.15) is 17.2 Å². The van der Waals surface area contributed by atoms with Crippen molar-refractivity contribution in [1.82, 2.24) is 4.90 Å². The van der Waals surface area contributed by atoms with Crippen molar-refractivity contribution in [1.29, 1.82) is 0 Å². The van der Waals surface area contributed by atoms with Crippen LogP contribution in [0.3, 0.4) is 0 Å². The van der Waals surface area contributed by atoms with E-state index in [-0.39, 0.29) is 17.3 Å². The zero-order chi connectivity index (χ0) is 16.0. The van der Waals surface area contributed by atoms with Crippen LogP contribution in [0.4, 0.5) is 5.69 Å². The number of nitrogens with zero attached hydrogens (tertiary/aromatic N) is 2. The van der Waals surface area contributed by atoms with Crippen molar-refractivity contribution in [3.63, 3.8) is 0 Å². The van der Waals surface area contributed by atoms with E-state index in [4.69, 9.17) is 17.0 Å². The summed E-state index contributed by atoms with van der Waals surface area (Å²) in [6.45, 7) is 0. The highest BCUT2D eigenvalue weighted by atomic mass is 32.2. The quantitative estimate of drug-likeness (QED) is 0.781. The smallest absolute Gasteiger partial charge is 0.257 e. The molecule has 0 bridgehead atoms. The summed E-state index contributed by atoms with van der Waals surface area (Å²) in [5.41, 5.74) is 0.796. The van der Waals surface area contributed by atoms with Crippen molar-refractivity contribution in [2.75, 3.05) is 17.8 Å². The molecular formula is C16H14N2O2S3. The molecule has 23 heavy (non-hydrogen) atoms. The molecule has 2 aromatic rings. The van der Waals surface area contributed by atoms with Crippen molar-refractivity contribution < 1.29 is 9.53 Å². The van der Waals surface area contributed by atoms with Crippen LogP contribution in [0.2, 0.25) is 0 Å². The molecule has 1 amide bonds. The lowest BCUT2D eigenvalue weighted by molar-refractivity contribution is -0.119. The van der Waals surface area contributed by atoms with Crippen molar-refractivity contribution in [2.24, 2.45) is 0 Å². The fourth-order valence-corrected chi connectivity index (χ4v) is 5.79. The maximum absolute atomic E-state index is 12.8. The topological polar surface area (TPSA) is 32.8 Å². The summed E-state index contributed by atoms with van der Waals surface area (Å²) < 4.78 is 5.18. The van der Waals surface area contributed by atoms with Crippen LogP contribution in [0.25, 0.3) is 0 Å². The first-order chi connectivity index (χ1) is 11.2. The highest BCUT2D eigenvalue weighted by molar-refractivity contribution is 8.00. The van der Waals surface area contributed by atoms with Crippen LogP contribution in [0, 0.1) is 0 Å². The fourth-order valence-electron chi connectivity index (χ4n) is 2.91. The Hall–Kier alpha value is -1.57. The third-order valence-corrected chi connectivity index (χ3v) is 6.81. The summed E-state index contributed by atoms with van der Waals surface area (Å²) in [5.74, 6) is 1.60. The lowest BCUT2D eigenvalue weighted by Crippen LogP contribution is -2.33.